The zero-order chi connectivity index (χ0) is 24.8. The maximum Gasteiger partial charge on any atom is 0.317 e. The minimum absolute atomic E-state index is 0.0992. The molecule has 7 heteroatoms. The number of para-hydroxylation sites is 2. The van der Waals surface area contributed by atoms with Crippen molar-refractivity contribution in [3.05, 3.63) is 93.0 Å². The Balaban J connectivity index is 1.41. The van der Waals surface area contributed by atoms with E-state index in [-0.39, 0.29) is 19.0 Å². The van der Waals surface area contributed by atoms with Crippen LogP contribution in [-0.4, -0.2) is 45.6 Å². The van der Waals surface area contributed by atoms with E-state index in [0.717, 1.165) is 25.1 Å². The van der Waals surface area contributed by atoms with Crippen molar-refractivity contribution in [1.82, 2.24) is 19.4 Å². The van der Waals surface area contributed by atoms with Crippen LogP contribution < -0.4 is 16.4 Å². The van der Waals surface area contributed by atoms with Crippen LogP contribution in [-0.2, 0) is 13.1 Å². The van der Waals surface area contributed by atoms with Gasteiger partial charge in [-0.3, -0.25) is 23.5 Å². The van der Waals surface area contributed by atoms with Crippen molar-refractivity contribution in [1.29, 1.82) is 0 Å². The number of fused-ring (bicyclic) bond motifs is 1. The Morgan fingerprint density at radius 1 is 1.03 bits per heavy atom. The molecule has 1 aliphatic heterocycles. The van der Waals surface area contributed by atoms with E-state index in [1.54, 1.807) is 18.2 Å². The molecule has 0 saturated carbocycles. The lowest BCUT2D eigenvalue weighted by molar-refractivity contribution is 0.0949. The Morgan fingerprint density at radius 3 is 2.40 bits per heavy atom. The van der Waals surface area contributed by atoms with E-state index in [1.165, 1.54) is 28.4 Å². The molecule has 0 bridgehead atoms. The van der Waals surface area contributed by atoms with Crippen molar-refractivity contribution in [2.75, 3.05) is 19.6 Å². The summed E-state index contributed by atoms with van der Waals surface area (Å²) in [5.41, 5.74) is 1.65. The molecule has 184 valence electrons. The number of benzene rings is 2. The zero-order valence-electron chi connectivity index (χ0n) is 20.4. The van der Waals surface area contributed by atoms with Crippen LogP contribution in [0.3, 0.4) is 0 Å². The van der Waals surface area contributed by atoms with Gasteiger partial charge >= 0.3 is 11.1 Å². The predicted molar refractivity (Wildman–Crippen MR) is 140 cm³/mol. The van der Waals surface area contributed by atoms with Crippen LogP contribution in [0.1, 0.15) is 48.5 Å². The minimum Gasteiger partial charge on any atom is -0.352 e. The first-order valence-electron chi connectivity index (χ1n) is 12.4. The second-order valence-corrected chi connectivity index (χ2v) is 9.27. The minimum atomic E-state index is -0.574. The number of carbonyl (C=O) groups excluding carboxylic acids is 1. The molecule has 1 fully saturated rings. The summed E-state index contributed by atoms with van der Waals surface area (Å²) in [4.78, 5) is 40.6. The molecule has 1 N–H and O–H groups in total. The maximum absolute atomic E-state index is 12.9. The molecule has 4 rings (SSSR count). The molecule has 1 atom stereocenters. The molecule has 7 nitrogen and oxygen atoms in total. The second kappa shape index (κ2) is 11.3. The van der Waals surface area contributed by atoms with Crippen LogP contribution in [0.2, 0.25) is 0 Å². The largest absolute Gasteiger partial charge is 0.352 e. The SMILES string of the molecule is C=CCn1c(=O)c(=O)n(Cc2ccc(C(=O)NCCCN3CCCCC3C)cc2)c2ccccc21. The summed E-state index contributed by atoms with van der Waals surface area (Å²) in [5, 5.41) is 3.01. The van der Waals surface area contributed by atoms with Crippen molar-refractivity contribution in [3.63, 3.8) is 0 Å². The smallest absolute Gasteiger partial charge is 0.317 e. The Hall–Kier alpha value is -3.45. The summed E-state index contributed by atoms with van der Waals surface area (Å²) in [6.07, 6.45) is 6.37. The summed E-state index contributed by atoms with van der Waals surface area (Å²) < 4.78 is 2.94. The average Bonchev–Trinajstić information content (AvgIpc) is 2.88. The number of carbonyl (C=O) groups is 1. The lowest BCUT2D eigenvalue weighted by Crippen LogP contribution is -2.41. The van der Waals surface area contributed by atoms with E-state index in [0.29, 0.717) is 29.2 Å². The first-order chi connectivity index (χ1) is 17.0. The first kappa shape index (κ1) is 24.7. The van der Waals surface area contributed by atoms with Crippen LogP contribution in [0.5, 0.6) is 0 Å². The molecule has 1 amide bonds. The maximum atomic E-state index is 12.9. The fourth-order valence-electron chi connectivity index (χ4n) is 4.86. The Kier molecular flexibility index (Phi) is 7.98. The highest BCUT2D eigenvalue weighted by Gasteiger charge is 2.17. The number of hydrogen-bond acceptors (Lipinski definition) is 4. The number of aromatic nitrogens is 2. The molecule has 0 aliphatic carbocycles. The van der Waals surface area contributed by atoms with E-state index in [9.17, 15) is 14.4 Å². The fraction of sp³-hybridized carbons (Fsp3) is 0.393. The van der Waals surface area contributed by atoms with Gasteiger partial charge in [0.1, 0.15) is 0 Å². The van der Waals surface area contributed by atoms with Gasteiger partial charge in [0.05, 0.1) is 17.6 Å². The van der Waals surface area contributed by atoms with Crippen molar-refractivity contribution in [2.24, 2.45) is 0 Å². The van der Waals surface area contributed by atoms with Crippen LogP contribution in [0.25, 0.3) is 11.0 Å². The van der Waals surface area contributed by atoms with E-state index in [1.807, 2.05) is 36.4 Å². The van der Waals surface area contributed by atoms with Crippen LogP contribution >= 0.6 is 0 Å². The van der Waals surface area contributed by atoms with E-state index >= 15 is 0 Å². The van der Waals surface area contributed by atoms with Gasteiger partial charge in [-0.15, -0.1) is 6.58 Å². The number of amides is 1. The van der Waals surface area contributed by atoms with Crippen molar-refractivity contribution in [3.8, 4) is 0 Å². The van der Waals surface area contributed by atoms with E-state index < -0.39 is 11.1 Å². The molecule has 0 spiro atoms. The standard InChI is InChI=1S/C28H34N4O3/c1-3-17-31-24-10-4-5-11-25(24)32(28(35)27(31)34)20-22-12-14-23(15-13-22)26(33)29-16-8-19-30-18-7-6-9-21(30)2/h3-5,10-15,21H,1,6-9,16-20H2,2H3,(H,29,33). The Bertz CT molecular complexity index is 1310. The van der Waals surface area contributed by atoms with Gasteiger partial charge in [-0.05, 0) is 62.6 Å². The number of allylic oxidation sites excluding steroid dienone is 1. The number of nitrogens with zero attached hydrogens (tertiary/aromatic N) is 3. The molecule has 1 saturated heterocycles. The van der Waals surface area contributed by atoms with Gasteiger partial charge < -0.3 is 10.2 Å². The Morgan fingerprint density at radius 2 is 1.71 bits per heavy atom. The van der Waals surface area contributed by atoms with Crippen molar-refractivity contribution >= 4 is 16.9 Å². The number of piperidine rings is 1. The second-order valence-electron chi connectivity index (χ2n) is 9.27. The topological polar surface area (TPSA) is 76.3 Å². The predicted octanol–water partition coefficient (Wildman–Crippen LogP) is 3.39. The molecule has 1 aromatic heterocycles. The molecular weight excluding hydrogens is 440 g/mol. The lowest BCUT2D eigenvalue weighted by Gasteiger charge is -2.33. The zero-order valence-corrected chi connectivity index (χ0v) is 20.4. The summed E-state index contributed by atoms with van der Waals surface area (Å²) in [6, 6.07) is 15.2. The van der Waals surface area contributed by atoms with Gasteiger partial charge in [0.25, 0.3) is 5.91 Å². The third-order valence-corrected chi connectivity index (χ3v) is 6.85. The monoisotopic (exact) mass is 474 g/mol. The Labute approximate surface area is 205 Å². The third-order valence-electron chi connectivity index (χ3n) is 6.85. The number of rotatable bonds is 9. The molecular formula is C28H34N4O3. The number of nitrogens with one attached hydrogen (secondary N) is 1. The highest BCUT2D eigenvalue weighted by Crippen LogP contribution is 2.16. The summed E-state index contributed by atoms with van der Waals surface area (Å²) >= 11 is 0. The third kappa shape index (κ3) is 5.62. The van der Waals surface area contributed by atoms with Gasteiger partial charge in [0.15, 0.2) is 0 Å². The average molecular weight is 475 g/mol. The van der Waals surface area contributed by atoms with Crippen LogP contribution in [0.15, 0.2) is 70.8 Å². The van der Waals surface area contributed by atoms with Gasteiger partial charge in [0.2, 0.25) is 0 Å². The summed E-state index contributed by atoms with van der Waals surface area (Å²) in [6.45, 7) is 9.30. The van der Waals surface area contributed by atoms with E-state index in [2.05, 4.69) is 23.7 Å². The molecule has 1 aliphatic rings. The van der Waals surface area contributed by atoms with Gasteiger partial charge in [-0.25, -0.2) is 0 Å². The molecule has 35 heavy (non-hydrogen) atoms. The summed E-state index contributed by atoms with van der Waals surface area (Å²) in [5.74, 6) is -0.0992. The molecule has 2 aromatic carbocycles. The first-order valence-corrected chi connectivity index (χ1v) is 12.4. The molecule has 3 aromatic rings. The number of hydrogen-bond donors (Lipinski definition) is 1. The molecule has 2 heterocycles. The highest BCUT2D eigenvalue weighted by atomic mass is 16.2. The molecule has 1 unspecified atom stereocenters. The lowest BCUT2D eigenvalue weighted by atomic mass is 10.0. The molecule has 0 radical (unpaired) electrons. The van der Waals surface area contributed by atoms with Crippen LogP contribution in [0.4, 0.5) is 0 Å². The van der Waals surface area contributed by atoms with Crippen LogP contribution in [0, 0.1) is 0 Å². The number of likely N-dealkylation sites (tertiary alicyclic amines) is 1. The van der Waals surface area contributed by atoms with Gasteiger partial charge in [-0.2, -0.15) is 0 Å². The van der Waals surface area contributed by atoms with Crippen molar-refractivity contribution < 1.29 is 4.79 Å². The quantitative estimate of drug-likeness (QED) is 0.293. The van der Waals surface area contributed by atoms with Crippen molar-refractivity contribution in [2.45, 2.75) is 51.7 Å². The van der Waals surface area contributed by atoms with Gasteiger partial charge in [-0.1, -0.05) is 36.8 Å². The van der Waals surface area contributed by atoms with Gasteiger partial charge in [0, 0.05) is 31.2 Å². The fourth-order valence-corrected chi connectivity index (χ4v) is 4.86. The highest BCUT2D eigenvalue weighted by molar-refractivity contribution is 5.94. The normalized spacial score (nSPS) is 16.3. The summed E-state index contributed by atoms with van der Waals surface area (Å²) in [7, 11) is 0. The van der Waals surface area contributed by atoms with E-state index in [4.69, 9.17) is 0 Å².